The summed E-state index contributed by atoms with van der Waals surface area (Å²) >= 11 is 0. The third-order valence-electron chi connectivity index (χ3n) is 3.33. The van der Waals surface area contributed by atoms with Crippen LogP contribution in [0, 0.1) is 11.8 Å². The van der Waals surface area contributed by atoms with Gasteiger partial charge in [0.25, 0.3) is 0 Å². The maximum atomic E-state index is 9.95. The van der Waals surface area contributed by atoms with Crippen LogP contribution >= 0.6 is 0 Å². The van der Waals surface area contributed by atoms with Gasteiger partial charge in [-0.25, -0.2) is 0 Å². The normalized spacial score (nSPS) is 20.1. The first-order valence-corrected chi connectivity index (χ1v) is 5.92. The molecule has 0 spiro atoms. The first kappa shape index (κ1) is 13.9. The predicted octanol–water partition coefficient (Wildman–Crippen LogP) is 2.58. The predicted molar refractivity (Wildman–Crippen MR) is 60.2 cm³/mol. The molecule has 0 aliphatic rings. The fourth-order valence-corrected chi connectivity index (χ4v) is 1.98. The van der Waals surface area contributed by atoms with Gasteiger partial charge < -0.3 is 10.2 Å². The van der Waals surface area contributed by atoms with E-state index in [2.05, 4.69) is 20.8 Å². The summed E-state index contributed by atoms with van der Waals surface area (Å²) in [4.78, 5) is 0. The second-order valence-corrected chi connectivity index (χ2v) is 4.32. The molecule has 0 heterocycles. The van der Waals surface area contributed by atoms with Gasteiger partial charge in [-0.2, -0.15) is 0 Å². The number of aliphatic hydroxyl groups is 2. The van der Waals surface area contributed by atoms with Crippen LogP contribution in [0.4, 0.5) is 0 Å². The Morgan fingerprint density at radius 3 is 1.86 bits per heavy atom. The van der Waals surface area contributed by atoms with Gasteiger partial charge >= 0.3 is 0 Å². The Bertz CT molecular complexity index is 136. The van der Waals surface area contributed by atoms with Gasteiger partial charge in [0.2, 0.25) is 0 Å². The Morgan fingerprint density at radius 1 is 0.929 bits per heavy atom. The van der Waals surface area contributed by atoms with Crippen LogP contribution in [0.25, 0.3) is 0 Å². The zero-order chi connectivity index (χ0) is 11.1. The van der Waals surface area contributed by atoms with Crippen molar-refractivity contribution < 1.29 is 10.2 Å². The van der Waals surface area contributed by atoms with Gasteiger partial charge in [0.15, 0.2) is 0 Å². The molecule has 0 fully saturated rings. The molecule has 2 heteroatoms. The molecule has 86 valence electrons. The van der Waals surface area contributed by atoms with Crippen molar-refractivity contribution in [2.75, 3.05) is 0 Å². The van der Waals surface area contributed by atoms with Crippen molar-refractivity contribution >= 4 is 0 Å². The van der Waals surface area contributed by atoms with Crippen molar-refractivity contribution in [2.45, 2.75) is 65.6 Å². The monoisotopic (exact) mass is 202 g/mol. The van der Waals surface area contributed by atoms with Gasteiger partial charge in [-0.3, -0.25) is 0 Å². The molecule has 0 aromatic carbocycles. The van der Waals surface area contributed by atoms with Crippen LogP contribution in [-0.4, -0.2) is 22.4 Å². The summed E-state index contributed by atoms with van der Waals surface area (Å²) < 4.78 is 0. The molecule has 4 atom stereocenters. The molecule has 2 nitrogen and oxygen atoms in total. The topological polar surface area (TPSA) is 40.5 Å². The number of rotatable bonds is 7. The van der Waals surface area contributed by atoms with Crippen molar-refractivity contribution in [1.82, 2.24) is 0 Å². The Labute approximate surface area is 88.3 Å². The van der Waals surface area contributed by atoms with Crippen LogP contribution < -0.4 is 0 Å². The standard InChI is InChI=1S/C12H26O2/c1-5-9(4)11(7-3)12(14)8-10(13)6-2/h9-14H,5-8H2,1-4H3. The Kier molecular flexibility index (Phi) is 7.20. The van der Waals surface area contributed by atoms with E-state index < -0.39 is 0 Å². The molecule has 0 bridgehead atoms. The minimum absolute atomic E-state index is 0.334. The highest BCUT2D eigenvalue weighted by Gasteiger charge is 2.24. The molecular formula is C12H26O2. The van der Waals surface area contributed by atoms with Gasteiger partial charge in [-0.05, 0) is 24.7 Å². The van der Waals surface area contributed by atoms with E-state index in [1.807, 2.05) is 6.92 Å². The summed E-state index contributed by atoms with van der Waals surface area (Å²) in [5, 5.41) is 19.4. The van der Waals surface area contributed by atoms with Crippen molar-refractivity contribution in [2.24, 2.45) is 11.8 Å². The summed E-state index contributed by atoms with van der Waals surface area (Å²) in [6, 6.07) is 0. The highest BCUT2D eigenvalue weighted by Crippen LogP contribution is 2.25. The van der Waals surface area contributed by atoms with Crippen LogP contribution in [0.5, 0.6) is 0 Å². The molecule has 14 heavy (non-hydrogen) atoms. The zero-order valence-corrected chi connectivity index (χ0v) is 10.0. The lowest BCUT2D eigenvalue weighted by Gasteiger charge is -2.28. The van der Waals surface area contributed by atoms with Crippen molar-refractivity contribution in [3.05, 3.63) is 0 Å². The summed E-state index contributed by atoms with van der Waals surface area (Å²) in [5.41, 5.74) is 0. The van der Waals surface area contributed by atoms with Gasteiger partial charge in [0, 0.05) is 0 Å². The van der Waals surface area contributed by atoms with Crippen LogP contribution in [0.15, 0.2) is 0 Å². The highest BCUT2D eigenvalue weighted by atomic mass is 16.3. The number of aliphatic hydroxyl groups excluding tert-OH is 2. The van der Waals surface area contributed by atoms with Crippen LogP contribution in [0.1, 0.15) is 53.4 Å². The van der Waals surface area contributed by atoms with E-state index >= 15 is 0 Å². The summed E-state index contributed by atoms with van der Waals surface area (Å²) in [5.74, 6) is 0.875. The number of hydrogen-bond acceptors (Lipinski definition) is 2. The lowest BCUT2D eigenvalue weighted by atomic mass is 9.83. The van der Waals surface area contributed by atoms with Gasteiger partial charge in [-0.15, -0.1) is 0 Å². The van der Waals surface area contributed by atoms with E-state index in [0.717, 1.165) is 19.3 Å². The van der Waals surface area contributed by atoms with E-state index in [0.29, 0.717) is 18.3 Å². The molecule has 2 N–H and O–H groups in total. The maximum Gasteiger partial charge on any atom is 0.0595 e. The molecule has 0 saturated heterocycles. The molecule has 0 aromatic rings. The molecule has 0 aliphatic carbocycles. The fraction of sp³-hybridized carbons (Fsp3) is 1.00. The van der Waals surface area contributed by atoms with E-state index in [-0.39, 0.29) is 12.2 Å². The first-order valence-electron chi connectivity index (χ1n) is 5.92. The van der Waals surface area contributed by atoms with Gasteiger partial charge in [0.1, 0.15) is 0 Å². The quantitative estimate of drug-likeness (QED) is 0.666. The van der Waals surface area contributed by atoms with Crippen molar-refractivity contribution in [1.29, 1.82) is 0 Å². The first-order chi connectivity index (χ1) is 6.56. The molecule has 0 amide bonds. The minimum atomic E-state index is -0.344. The average molecular weight is 202 g/mol. The maximum absolute atomic E-state index is 9.95. The highest BCUT2D eigenvalue weighted by molar-refractivity contribution is 4.74. The number of hydrogen-bond donors (Lipinski definition) is 2. The lowest BCUT2D eigenvalue weighted by Crippen LogP contribution is -2.29. The summed E-state index contributed by atoms with van der Waals surface area (Å²) in [6.45, 7) is 8.38. The smallest absolute Gasteiger partial charge is 0.0595 e. The molecule has 0 aromatic heterocycles. The molecule has 0 aliphatic heterocycles. The second kappa shape index (κ2) is 7.24. The SMILES string of the molecule is CCC(O)CC(O)C(CC)C(C)CC. The van der Waals surface area contributed by atoms with Gasteiger partial charge in [-0.1, -0.05) is 40.5 Å². The Hall–Kier alpha value is -0.0800. The third-order valence-corrected chi connectivity index (χ3v) is 3.33. The third kappa shape index (κ3) is 4.43. The van der Waals surface area contributed by atoms with E-state index in [9.17, 15) is 10.2 Å². The average Bonchev–Trinajstić information content (AvgIpc) is 2.18. The van der Waals surface area contributed by atoms with Crippen molar-refractivity contribution in [3.63, 3.8) is 0 Å². The summed E-state index contributed by atoms with van der Waals surface area (Å²) in [6.07, 6.45) is 2.66. The Balaban J connectivity index is 4.09. The molecule has 0 rings (SSSR count). The lowest BCUT2D eigenvalue weighted by molar-refractivity contribution is 0.0221. The zero-order valence-electron chi connectivity index (χ0n) is 10.0. The van der Waals surface area contributed by atoms with Crippen LogP contribution in [0.2, 0.25) is 0 Å². The van der Waals surface area contributed by atoms with E-state index in [1.54, 1.807) is 0 Å². The van der Waals surface area contributed by atoms with E-state index in [1.165, 1.54) is 0 Å². The van der Waals surface area contributed by atoms with Gasteiger partial charge in [0.05, 0.1) is 12.2 Å². The largest absolute Gasteiger partial charge is 0.393 e. The molecule has 0 saturated carbocycles. The van der Waals surface area contributed by atoms with E-state index in [4.69, 9.17) is 0 Å². The molecule has 4 unspecified atom stereocenters. The summed E-state index contributed by atoms with van der Waals surface area (Å²) in [7, 11) is 0. The van der Waals surface area contributed by atoms with Crippen LogP contribution in [-0.2, 0) is 0 Å². The molecular weight excluding hydrogens is 176 g/mol. The molecule has 0 radical (unpaired) electrons. The second-order valence-electron chi connectivity index (χ2n) is 4.32. The van der Waals surface area contributed by atoms with Crippen molar-refractivity contribution in [3.8, 4) is 0 Å². The Morgan fingerprint density at radius 2 is 1.50 bits per heavy atom. The minimum Gasteiger partial charge on any atom is -0.393 e. The fourth-order valence-electron chi connectivity index (χ4n) is 1.98. The van der Waals surface area contributed by atoms with Crippen LogP contribution in [0.3, 0.4) is 0 Å².